The van der Waals surface area contributed by atoms with Crippen LogP contribution in [0.5, 0.6) is 0 Å². The normalized spacial score (nSPS) is 11.3. The van der Waals surface area contributed by atoms with Crippen molar-refractivity contribution < 1.29 is 0 Å². The highest BCUT2D eigenvalue weighted by atomic mass is 32.1. The van der Waals surface area contributed by atoms with Crippen LogP contribution in [0.15, 0.2) is 146 Å². The van der Waals surface area contributed by atoms with Crippen molar-refractivity contribution in [2.24, 2.45) is 0 Å². The van der Waals surface area contributed by atoms with E-state index in [-0.39, 0.29) is 0 Å². The summed E-state index contributed by atoms with van der Waals surface area (Å²) in [5, 5.41) is 3.35. The Morgan fingerprint density at radius 2 is 0.930 bits per heavy atom. The van der Waals surface area contributed by atoms with Crippen LogP contribution < -0.4 is 0 Å². The van der Waals surface area contributed by atoms with Crippen LogP contribution in [-0.2, 0) is 0 Å². The van der Waals surface area contributed by atoms with Crippen molar-refractivity contribution in [3.05, 3.63) is 146 Å². The first-order valence-corrected chi connectivity index (χ1v) is 15.0. The first-order chi connectivity index (χ1) is 21.3. The third-order valence-electron chi connectivity index (χ3n) is 7.55. The molecular formula is C38H24N4S. The topological polar surface area (TPSA) is 51.6 Å². The van der Waals surface area contributed by atoms with Crippen LogP contribution in [-0.4, -0.2) is 19.9 Å². The molecule has 0 spiro atoms. The van der Waals surface area contributed by atoms with E-state index < -0.39 is 0 Å². The zero-order valence-corrected chi connectivity index (χ0v) is 23.9. The molecule has 4 nitrogen and oxygen atoms in total. The fraction of sp³-hybridized carbons (Fsp3) is 0. The molecule has 8 rings (SSSR count). The summed E-state index contributed by atoms with van der Waals surface area (Å²) in [7, 11) is 0. The van der Waals surface area contributed by atoms with Gasteiger partial charge in [0.15, 0.2) is 17.5 Å². The summed E-state index contributed by atoms with van der Waals surface area (Å²) in [6.07, 6.45) is 0. The minimum absolute atomic E-state index is 0.639. The average molecular weight is 569 g/mol. The molecule has 0 unspecified atom stereocenters. The van der Waals surface area contributed by atoms with Gasteiger partial charge in [0.25, 0.3) is 0 Å². The predicted octanol–water partition coefficient (Wildman–Crippen LogP) is 9.97. The molecule has 2 heterocycles. The zero-order chi connectivity index (χ0) is 28.6. The fourth-order valence-corrected chi connectivity index (χ4v) is 6.45. The summed E-state index contributed by atoms with van der Waals surface area (Å²) in [5.41, 5.74) is 7.22. The van der Waals surface area contributed by atoms with Gasteiger partial charge < -0.3 is 0 Å². The summed E-state index contributed by atoms with van der Waals surface area (Å²) >= 11 is 1.73. The molecule has 202 valence electrons. The fourth-order valence-electron chi connectivity index (χ4n) is 5.47. The van der Waals surface area contributed by atoms with Crippen molar-refractivity contribution in [1.29, 1.82) is 0 Å². The van der Waals surface area contributed by atoms with E-state index in [1.165, 1.54) is 10.1 Å². The quantitative estimate of drug-likeness (QED) is 0.207. The molecule has 0 fully saturated rings. The Kier molecular flexibility index (Phi) is 6.28. The van der Waals surface area contributed by atoms with Gasteiger partial charge >= 0.3 is 0 Å². The van der Waals surface area contributed by atoms with Gasteiger partial charge in [-0.25, -0.2) is 19.9 Å². The van der Waals surface area contributed by atoms with Gasteiger partial charge in [-0.05, 0) is 28.6 Å². The third-order valence-corrected chi connectivity index (χ3v) is 8.62. The van der Waals surface area contributed by atoms with Gasteiger partial charge in [-0.15, -0.1) is 11.3 Å². The first-order valence-electron chi connectivity index (χ1n) is 14.2. The molecule has 0 radical (unpaired) electrons. The predicted molar refractivity (Wildman–Crippen MR) is 178 cm³/mol. The lowest BCUT2D eigenvalue weighted by molar-refractivity contribution is 1.07. The number of rotatable bonds is 5. The van der Waals surface area contributed by atoms with E-state index in [0.717, 1.165) is 49.3 Å². The molecule has 0 bridgehead atoms. The molecule has 0 aliphatic carbocycles. The average Bonchev–Trinajstić information content (AvgIpc) is 3.54. The molecule has 5 heteroatoms. The van der Waals surface area contributed by atoms with Gasteiger partial charge in [-0.3, -0.25) is 0 Å². The van der Waals surface area contributed by atoms with Crippen molar-refractivity contribution >= 4 is 32.3 Å². The van der Waals surface area contributed by atoms with E-state index >= 15 is 0 Å². The molecule has 0 amide bonds. The molecule has 8 aromatic rings. The maximum Gasteiger partial charge on any atom is 0.164 e. The molecular weight excluding hydrogens is 545 g/mol. The number of fused-ring (bicyclic) bond motifs is 3. The SMILES string of the molecule is c1ccc(-c2nc(-c3ccccc3)nc(-c3cccc(-c4cccc5ccc6sc(-c7ccccc7)nc6c45)c3)n2)cc1. The largest absolute Gasteiger partial charge is 0.235 e. The van der Waals surface area contributed by atoms with E-state index in [0.29, 0.717) is 17.5 Å². The Morgan fingerprint density at radius 3 is 1.58 bits per heavy atom. The van der Waals surface area contributed by atoms with Gasteiger partial charge in [-0.1, -0.05) is 133 Å². The number of hydrogen-bond acceptors (Lipinski definition) is 5. The van der Waals surface area contributed by atoms with E-state index in [4.69, 9.17) is 19.9 Å². The van der Waals surface area contributed by atoms with Crippen molar-refractivity contribution in [2.45, 2.75) is 0 Å². The first kappa shape index (κ1) is 25.2. The van der Waals surface area contributed by atoms with Crippen LogP contribution >= 0.6 is 11.3 Å². The molecule has 43 heavy (non-hydrogen) atoms. The molecule has 0 saturated carbocycles. The van der Waals surface area contributed by atoms with Crippen molar-refractivity contribution in [2.75, 3.05) is 0 Å². The second-order valence-corrected chi connectivity index (χ2v) is 11.4. The number of thiazole rings is 1. The summed E-state index contributed by atoms with van der Waals surface area (Å²) in [5.74, 6) is 1.94. The smallest absolute Gasteiger partial charge is 0.164 e. The van der Waals surface area contributed by atoms with E-state index in [1.54, 1.807) is 11.3 Å². The lowest BCUT2D eigenvalue weighted by Crippen LogP contribution is -2.00. The Bertz CT molecular complexity index is 2170. The second-order valence-electron chi connectivity index (χ2n) is 10.3. The molecule has 6 aromatic carbocycles. The van der Waals surface area contributed by atoms with Crippen molar-refractivity contribution in [3.8, 4) is 55.9 Å². The number of nitrogens with zero attached hydrogens (tertiary/aromatic N) is 4. The van der Waals surface area contributed by atoms with Crippen LogP contribution in [0.2, 0.25) is 0 Å². The van der Waals surface area contributed by atoms with Crippen molar-refractivity contribution in [3.63, 3.8) is 0 Å². The highest BCUT2D eigenvalue weighted by Gasteiger charge is 2.16. The highest BCUT2D eigenvalue weighted by molar-refractivity contribution is 7.21. The van der Waals surface area contributed by atoms with Gasteiger partial charge in [0.1, 0.15) is 5.01 Å². The number of benzene rings is 6. The summed E-state index contributed by atoms with van der Waals surface area (Å²) in [6, 6.07) is 49.8. The molecule has 0 atom stereocenters. The summed E-state index contributed by atoms with van der Waals surface area (Å²) in [6.45, 7) is 0. The highest BCUT2D eigenvalue weighted by Crippen LogP contribution is 2.39. The maximum absolute atomic E-state index is 5.15. The Labute approximate surface area is 253 Å². The maximum atomic E-state index is 5.15. The Balaban J connectivity index is 1.29. The lowest BCUT2D eigenvalue weighted by atomic mass is 9.96. The van der Waals surface area contributed by atoms with E-state index in [1.807, 2.05) is 66.7 Å². The van der Waals surface area contributed by atoms with Crippen LogP contribution in [0.25, 0.3) is 76.9 Å². The molecule has 0 aliphatic rings. The Morgan fingerprint density at radius 1 is 0.395 bits per heavy atom. The molecule has 0 N–H and O–H groups in total. The number of aromatic nitrogens is 4. The Hall–Kier alpha value is -5.52. The van der Waals surface area contributed by atoms with Gasteiger partial charge in [0.05, 0.1) is 10.2 Å². The minimum atomic E-state index is 0.639. The van der Waals surface area contributed by atoms with Crippen LogP contribution in [0.4, 0.5) is 0 Å². The molecule has 2 aromatic heterocycles. The zero-order valence-electron chi connectivity index (χ0n) is 23.1. The molecule has 0 saturated heterocycles. The van der Waals surface area contributed by atoms with Gasteiger partial charge in [0.2, 0.25) is 0 Å². The summed E-state index contributed by atoms with van der Waals surface area (Å²) < 4.78 is 1.17. The van der Waals surface area contributed by atoms with E-state index in [9.17, 15) is 0 Å². The van der Waals surface area contributed by atoms with Gasteiger partial charge in [-0.2, -0.15) is 0 Å². The van der Waals surface area contributed by atoms with Crippen molar-refractivity contribution in [1.82, 2.24) is 19.9 Å². The van der Waals surface area contributed by atoms with Crippen LogP contribution in [0, 0.1) is 0 Å². The van der Waals surface area contributed by atoms with E-state index in [2.05, 4.69) is 78.9 Å². The van der Waals surface area contributed by atoms with Crippen LogP contribution in [0.1, 0.15) is 0 Å². The molecule has 0 aliphatic heterocycles. The van der Waals surface area contributed by atoms with Crippen LogP contribution in [0.3, 0.4) is 0 Å². The van der Waals surface area contributed by atoms with Gasteiger partial charge in [0, 0.05) is 27.6 Å². The minimum Gasteiger partial charge on any atom is -0.235 e. The second kappa shape index (κ2) is 10.7. The standard InChI is InChI=1S/C38H24N4S/c1-4-12-26(13-5-1)35-40-36(27-14-6-2-7-15-27)42-37(41-35)30-20-10-19-29(24-30)31-21-11-18-25-22-23-32-34(33(25)31)39-38(43-32)28-16-8-3-9-17-28/h1-24H. The summed E-state index contributed by atoms with van der Waals surface area (Å²) in [4.78, 5) is 19.9. The third kappa shape index (κ3) is 4.76. The number of hydrogen-bond donors (Lipinski definition) is 0. The lowest BCUT2D eigenvalue weighted by Gasteiger charge is -2.11. The monoisotopic (exact) mass is 568 g/mol.